The summed E-state index contributed by atoms with van der Waals surface area (Å²) in [5, 5.41) is 0.270. The maximum Gasteiger partial charge on any atom is 0.289 e. The summed E-state index contributed by atoms with van der Waals surface area (Å²) < 4.78 is 5.18. The molecule has 0 atom stereocenters. The molecule has 0 saturated carbocycles. The maximum absolute atomic E-state index is 12.2. The van der Waals surface area contributed by atoms with Gasteiger partial charge in [0.1, 0.15) is 0 Å². The van der Waals surface area contributed by atoms with Gasteiger partial charge in [0.25, 0.3) is 5.91 Å². The normalized spacial score (nSPS) is 18.9. The second kappa shape index (κ2) is 5.35. The maximum atomic E-state index is 12.2. The average Bonchev–Trinajstić information content (AvgIpc) is 2.85. The van der Waals surface area contributed by atoms with Crippen molar-refractivity contribution in [2.45, 2.75) is 39.5 Å². The van der Waals surface area contributed by atoms with Crippen LogP contribution in [-0.2, 0) is 0 Å². The van der Waals surface area contributed by atoms with Gasteiger partial charge in [-0.15, -0.1) is 0 Å². The van der Waals surface area contributed by atoms with Crippen molar-refractivity contribution < 1.29 is 9.21 Å². The van der Waals surface area contributed by atoms with E-state index in [9.17, 15) is 4.79 Å². The molecule has 2 rings (SSSR count). The Kier molecular flexibility index (Phi) is 4.00. The Labute approximate surface area is 113 Å². The quantitative estimate of drug-likeness (QED) is 0.832. The summed E-state index contributed by atoms with van der Waals surface area (Å²) >= 11 is 5.70. The van der Waals surface area contributed by atoms with Crippen LogP contribution >= 0.6 is 11.6 Å². The Morgan fingerprint density at radius 3 is 2.39 bits per heavy atom. The fourth-order valence-corrected chi connectivity index (χ4v) is 2.87. The van der Waals surface area contributed by atoms with Crippen LogP contribution in [0.25, 0.3) is 0 Å². The molecule has 4 heteroatoms. The highest BCUT2D eigenvalue weighted by atomic mass is 35.5. The predicted molar refractivity (Wildman–Crippen MR) is 71.9 cm³/mol. The van der Waals surface area contributed by atoms with E-state index in [1.165, 1.54) is 12.8 Å². The van der Waals surface area contributed by atoms with Crippen molar-refractivity contribution in [3.8, 4) is 0 Å². The number of piperidine rings is 1. The fourth-order valence-electron chi connectivity index (χ4n) is 2.73. The molecule has 18 heavy (non-hydrogen) atoms. The van der Waals surface area contributed by atoms with Gasteiger partial charge in [-0.05, 0) is 42.0 Å². The molecule has 1 aromatic heterocycles. The number of hydrogen-bond donors (Lipinski definition) is 0. The van der Waals surface area contributed by atoms with Gasteiger partial charge in [0.15, 0.2) is 11.0 Å². The van der Waals surface area contributed by atoms with Crippen molar-refractivity contribution >= 4 is 17.5 Å². The molecule has 0 radical (unpaired) electrons. The van der Waals surface area contributed by atoms with Crippen molar-refractivity contribution in [2.24, 2.45) is 5.41 Å². The Hall–Kier alpha value is -0.960. The minimum absolute atomic E-state index is 0.0392. The van der Waals surface area contributed by atoms with Crippen LogP contribution < -0.4 is 0 Å². The van der Waals surface area contributed by atoms with Crippen LogP contribution in [0.3, 0.4) is 0 Å². The molecule has 0 aliphatic carbocycles. The highest BCUT2D eigenvalue weighted by Gasteiger charge is 2.33. The number of likely N-dealkylation sites (tertiary alicyclic amines) is 1. The Balaban J connectivity index is 1.99. The van der Waals surface area contributed by atoms with Crippen LogP contribution in [-0.4, -0.2) is 23.9 Å². The van der Waals surface area contributed by atoms with Crippen LogP contribution in [0.5, 0.6) is 0 Å². The average molecular weight is 270 g/mol. The van der Waals surface area contributed by atoms with Gasteiger partial charge in [-0.1, -0.05) is 26.7 Å². The number of nitrogens with zero attached hydrogens (tertiary/aromatic N) is 1. The molecular weight excluding hydrogens is 250 g/mol. The lowest BCUT2D eigenvalue weighted by Crippen LogP contribution is -2.42. The zero-order chi connectivity index (χ0) is 13.2. The molecule has 1 aliphatic heterocycles. The molecular formula is C14H20ClNO2. The van der Waals surface area contributed by atoms with Gasteiger partial charge in [-0.25, -0.2) is 0 Å². The van der Waals surface area contributed by atoms with Crippen LogP contribution in [0.2, 0.25) is 5.22 Å². The monoisotopic (exact) mass is 269 g/mol. The first-order chi connectivity index (χ1) is 8.60. The van der Waals surface area contributed by atoms with Crippen molar-refractivity contribution in [3.63, 3.8) is 0 Å². The van der Waals surface area contributed by atoms with E-state index in [1.807, 2.05) is 4.90 Å². The second-order valence-corrected chi connectivity index (χ2v) is 5.48. The van der Waals surface area contributed by atoms with E-state index in [0.717, 1.165) is 25.9 Å². The SMILES string of the molecule is CCC1(CC)CCN(C(=O)c2ccc(Cl)o2)CC1. The Bertz CT molecular complexity index is 413. The van der Waals surface area contributed by atoms with Gasteiger partial charge in [0.2, 0.25) is 0 Å². The van der Waals surface area contributed by atoms with Gasteiger partial charge in [-0.3, -0.25) is 4.79 Å². The molecule has 0 aromatic carbocycles. The number of furan rings is 1. The van der Waals surface area contributed by atoms with E-state index >= 15 is 0 Å². The molecule has 1 fully saturated rings. The highest BCUT2D eigenvalue weighted by molar-refractivity contribution is 6.29. The van der Waals surface area contributed by atoms with E-state index in [2.05, 4.69) is 13.8 Å². The first kappa shape index (κ1) is 13.5. The molecule has 3 nitrogen and oxygen atoms in total. The Morgan fingerprint density at radius 2 is 1.94 bits per heavy atom. The smallest absolute Gasteiger partial charge is 0.289 e. The van der Waals surface area contributed by atoms with E-state index in [0.29, 0.717) is 11.2 Å². The lowest BCUT2D eigenvalue weighted by molar-refractivity contribution is 0.0529. The summed E-state index contributed by atoms with van der Waals surface area (Å²) in [5.74, 6) is 0.309. The lowest BCUT2D eigenvalue weighted by Gasteiger charge is -2.40. The lowest BCUT2D eigenvalue weighted by atomic mass is 9.74. The molecule has 100 valence electrons. The topological polar surface area (TPSA) is 33.5 Å². The molecule has 0 spiro atoms. The van der Waals surface area contributed by atoms with Crippen LogP contribution in [0.1, 0.15) is 50.1 Å². The highest BCUT2D eigenvalue weighted by Crippen LogP contribution is 2.38. The summed E-state index contributed by atoms with van der Waals surface area (Å²) in [4.78, 5) is 14.0. The number of amides is 1. The van der Waals surface area contributed by atoms with E-state index in [-0.39, 0.29) is 11.1 Å². The summed E-state index contributed by atoms with van der Waals surface area (Å²) in [6, 6.07) is 3.26. The molecule has 1 aliphatic rings. The van der Waals surface area contributed by atoms with Crippen molar-refractivity contribution in [2.75, 3.05) is 13.1 Å². The fraction of sp³-hybridized carbons (Fsp3) is 0.643. The largest absolute Gasteiger partial charge is 0.440 e. The first-order valence-corrected chi connectivity index (χ1v) is 7.02. The van der Waals surface area contributed by atoms with Crippen molar-refractivity contribution in [3.05, 3.63) is 23.1 Å². The second-order valence-electron chi connectivity index (χ2n) is 5.10. The van der Waals surface area contributed by atoms with Crippen LogP contribution in [0, 0.1) is 5.41 Å². The van der Waals surface area contributed by atoms with E-state index in [4.69, 9.17) is 16.0 Å². The van der Waals surface area contributed by atoms with Gasteiger partial charge in [0, 0.05) is 13.1 Å². The van der Waals surface area contributed by atoms with Gasteiger partial charge in [-0.2, -0.15) is 0 Å². The van der Waals surface area contributed by atoms with Crippen LogP contribution in [0.15, 0.2) is 16.5 Å². The van der Waals surface area contributed by atoms with E-state index < -0.39 is 0 Å². The summed E-state index contributed by atoms with van der Waals surface area (Å²) in [5.41, 5.74) is 0.428. The Morgan fingerprint density at radius 1 is 1.33 bits per heavy atom. The molecule has 1 aromatic rings. The zero-order valence-electron chi connectivity index (χ0n) is 11.0. The zero-order valence-corrected chi connectivity index (χ0v) is 11.8. The van der Waals surface area contributed by atoms with Crippen LogP contribution in [0.4, 0.5) is 0 Å². The van der Waals surface area contributed by atoms with Gasteiger partial charge >= 0.3 is 0 Å². The summed E-state index contributed by atoms with van der Waals surface area (Å²) in [6.07, 6.45) is 4.55. The molecule has 0 unspecified atom stereocenters. The number of hydrogen-bond acceptors (Lipinski definition) is 2. The minimum Gasteiger partial charge on any atom is -0.440 e. The molecule has 0 N–H and O–H groups in total. The van der Waals surface area contributed by atoms with Crippen molar-refractivity contribution in [1.29, 1.82) is 0 Å². The number of rotatable bonds is 3. The number of carbonyl (C=O) groups excluding carboxylic acids is 1. The predicted octanol–water partition coefficient (Wildman–Crippen LogP) is 3.98. The van der Waals surface area contributed by atoms with Crippen molar-refractivity contribution in [1.82, 2.24) is 4.90 Å². The van der Waals surface area contributed by atoms with Gasteiger partial charge in [0.05, 0.1) is 0 Å². The summed E-state index contributed by atoms with van der Waals surface area (Å²) in [6.45, 7) is 6.12. The third kappa shape index (κ3) is 2.56. The number of carbonyl (C=O) groups is 1. The molecule has 1 saturated heterocycles. The summed E-state index contributed by atoms with van der Waals surface area (Å²) in [7, 11) is 0. The standard InChI is InChI=1S/C14H20ClNO2/c1-3-14(4-2)7-9-16(10-8-14)13(17)11-5-6-12(15)18-11/h5-6H,3-4,7-10H2,1-2H3. The minimum atomic E-state index is -0.0392. The van der Waals surface area contributed by atoms with Gasteiger partial charge < -0.3 is 9.32 Å². The number of halogens is 1. The molecule has 0 bridgehead atoms. The first-order valence-electron chi connectivity index (χ1n) is 6.65. The molecule has 2 heterocycles. The third-order valence-electron chi connectivity index (χ3n) is 4.40. The molecule has 1 amide bonds. The van der Waals surface area contributed by atoms with E-state index in [1.54, 1.807) is 12.1 Å². The third-order valence-corrected chi connectivity index (χ3v) is 4.60.